The third kappa shape index (κ3) is 4.00. The van der Waals surface area contributed by atoms with E-state index in [4.69, 9.17) is 9.97 Å². The molecule has 1 aromatic carbocycles. The minimum atomic E-state index is -0.961. The van der Waals surface area contributed by atoms with Gasteiger partial charge in [-0.2, -0.15) is 4.98 Å². The molecule has 1 aliphatic carbocycles. The van der Waals surface area contributed by atoms with E-state index >= 15 is 0 Å². The first-order valence-corrected chi connectivity index (χ1v) is 14.9. The Kier molecular flexibility index (Phi) is 6.10. The SMILES string of the molecule is C=CCn1c(=O)c2cnc(Nc3cc4c5c(c3)SCCC5CN(C)C4)nc2n1-c1ccc2c(n1)C(O)(CC)CC2. The van der Waals surface area contributed by atoms with E-state index in [9.17, 15) is 9.90 Å². The summed E-state index contributed by atoms with van der Waals surface area (Å²) in [5.41, 5.74) is 4.82. The van der Waals surface area contributed by atoms with Crippen LogP contribution in [0.2, 0.25) is 0 Å². The van der Waals surface area contributed by atoms with Crippen molar-refractivity contribution in [1.29, 1.82) is 0 Å². The lowest BCUT2D eigenvalue weighted by Crippen LogP contribution is -2.32. The van der Waals surface area contributed by atoms with Gasteiger partial charge in [-0.15, -0.1) is 18.3 Å². The zero-order chi connectivity index (χ0) is 27.6. The van der Waals surface area contributed by atoms with Crippen molar-refractivity contribution in [2.45, 2.75) is 62.1 Å². The van der Waals surface area contributed by atoms with Gasteiger partial charge < -0.3 is 15.3 Å². The topological polar surface area (TPSA) is 101 Å². The maximum Gasteiger partial charge on any atom is 0.278 e. The van der Waals surface area contributed by atoms with Gasteiger partial charge in [0, 0.05) is 29.9 Å². The number of aryl methyl sites for hydroxylation is 1. The Morgan fingerprint density at radius 2 is 2.15 bits per heavy atom. The molecule has 0 spiro atoms. The second kappa shape index (κ2) is 9.57. The Bertz CT molecular complexity index is 1730. The molecule has 7 rings (SSSR count). The molecule has 10 heteroatoms. The van der Waals surface area contributed by atoms with E-state index < -0.39 is 5.60 Å². The Labute approximate surface area is 236 Å². The summed E-state index contributed by atoms with van der Waals surface area (Å²) >= 11 is 1.92. The molecule has 0 amide bonds. The summed E-state index contributed by atoms with van der Waals surface area (Å²) in [6.45, 7) is 8.14. The summed E-state index contributed by atoms with van der Waals surface area (Å²) in [6.07, 6.45) is 6.49. The third-order valence-corrected chi connectivity index (χ3v) is 9.67. The van der Waals surface area contributed by atoms with Gasteiger partial charge in [0.1, 0.15) is 11.0 Å². The van der Waals surface area contributed by atoms with Gasteiger partial charge in [0.25, 0.3) is 5.56 Å². The lowest BCUT2D eigenvalue weighted by atomic mass is 9.87. The van der Waals surface area contributed by atoms with E-state index in [2.05, 4.69) is 41.0 Å². The smallest absolute Gasteiger partial charge is 0.278 e. The summed E-state index contributed by atoms with van der Waals surface area (Å²) in [7, 11) is 2.18. The molecule has 206 valence electrons. The summed E-state index contributed by atoms with van der Waals surface area (Å²) in [6, 6.07) is 8.32. The number of likely N-dealkylation sites (N-methyl/N-ethyl adjacent to an activating group) is 1. The maximum absolute atomic E-state index is 13.4. The van der Waals surface area contributed by atoms with Gasteiger partial charge in [-0.3, -0.25) is 4.79 Å². The molecule has 5 heterocycles. The van der Waals surface area contributed by atoms with E-state index in [1.165, 1.54) is 22.4 Å². The number of thioether (sulfide) groups is 1. The van der Waals surface area contributed by atoms with Crippen molar-refractivity contribution in [3.05, 3.63) is 75.9 Å². The number of nitrogens with zero attached hydrogens (tertiary/aromatic N) is 6. The summed E-state index contributed by atoms with van der Waals surface area (Å²) < 4.78 is 3.30. The van der Waals surface area contributed by atoms with Crippen LogP contribution in [0, 0.1) is 0 Å². The van der Waals surface area contributed by atoms with Crippen molar-refractivity contribution in [1.82, 2.24) is 29.2 Å². The molecule has 0 saturated heterocycles. The number of aliphatic hydroxyl groups is 1. The van der Waals surface area contributed by atoms with Crippen LogP contribution in [0.15, 0.2) is 52.8 Å². The summed E-state index contributed by atoms with van der Waals surface area (Å²) in [5.74, 6) is 2.67. The number of anilines is 2. The van der Waals surface area contributed by atoms with Crippen molar-refractivity contribution >= 4 is 34.4 Å². The van der Waals surface area contributed by atoms with E-state index in [-0.39, 0.29) is 12.1 Å². The molecule has 3 aliphatic rings. The number of benzene rings is 1. The molecule has 0 fully saturated rings. The lowest BCUT2D eigenvalue weighted by Gasteiger charge is -2.36. The second-order valence-electron chi connectivity index (χ2n) is 11.2. The Morgan fingerprint density at radius 1 is 1.27 bits per heavy atom. The largest absolute Gasteiger partial charge is 0.384 e. The molecule has 0 saturated carbocycles. The average molecular weight is 556 g/mol. The number of nitrogens with one attached hydrogen (secondary N) is 1. The van der Waals surface area contributed by atoms with Crippen LogP contribution in [0.3, 0.4) is 0 Å². The summed E-state index contributed by atoms with van der Waals surface area (Å²) in [5, 5.41) is 15.0. The van der Waals surface area contributed by atoms with Crippen molar-refractivity contribution in [2.75, 3.05) is 24.7 Å². The van der Waals surface area contributed by atoms with Crippen molar-refractivity contribution in [3.8, 4) is 5.82 Å². The predicted molar refractivity (Wildman–Crippen MR) is 158 cm³/mol. The van der Waals surface area contributed by atoms with E-state index in [1.807, 2.05) is 30.8 Å². The first-order chi connectivity index (χ1) is 19.4. The third-order valence-electron chi connectivity index (χ3n) is 8.58. The first kappa shape index (κ1) is 25.5. The fourth-order valence-electron chi connectivity index (χ4n) is 6.58. The van der Waals surface area contributed by atoms with Crippen LogP contribution < -0.4 is 10.9 Å². The molecule has 9 nitrogen and oxygen atoms in total. The molecule has 0 radical (unpaired) electrons. The van der Waals surface area contributed by atoms with Gasteiger partial charge in [0.05, 0.1) is 12.2 Å². The Hall–Kier alpha value is -3.47. The van der Waals surface area contributed by atoms with Crippen LogP contribution in [0.5, 0.6) is 0 Å². The van der Waals surface area contributed by atoms with Gasteiger partial charge in [-0.1, -0.05) is 19.1 Å². The maximum atomic E-state index is 13.4. The minimum Gasteiger partial charge on any atom is -0.384 e. The van der Waals surface area contributed by atoms with Crippen molar-refractivity contribution < 1.29 is 5.11 Å². The number of rotatable bonds is 6. The van der Waals surface area contributed by atoms with Crippen LogP contribution in [-0.2, 0) is 25.1 Å². The highest BCUT2D eigenvalue weighted by molar-refractivity contribution is 7.99. The number of hydrogen-bond acceptors (Lipinski definition) is 8. The lowest BCUT2D eigenvalue weighted by molar-refractivity contribution is 0.0306. The highest BCUT2D eigenvalue weighted by atomic mass is 32.2. The van der Waals surface area contributed by atoms with E-state index in [0.717, 1.165) is 36.5 Å². The fraction of sp³-hybridized carbons (Fsp3) is 0.400. The monoisotopic (exact) mass is 555 g/mol. The molecule has 2 N–H and O–H groups in total. The van der Waals surface area contributed by atoms with Crippen LogP contribution in [0.4, 0.5) is 11.6 Å². The summed E-state index contributed by atoms with van der Waals surface area (Å²) in [4.78, 5) is 31.4. The molecule has 2 aliphatic heterocycles. The molecular weight excluding hydrogens is 522 g/mol. The first-order valence-electron chi connectivity index (χ1n) is 14.0. The van der Waals surface area contributed by atoms with Crippen molar-refractivity contribution in [3.63, 3.8) is 0 Å². The molecule has 2 unspecified atom stereocenters. The standard InChI is InChI=1S/C30H33N7O2S/c1-4-11-36-28(38)22-15-31-29(32-21-13-20-17-35(3)16-19-9-12-40-23(14-21)25(19)20)34-27(22)37(36)24-7-6-18-8-10-30(39,5-2)26(18)33-24/h4,6-7,13-15,19,39H,1,5,8-12,16-17H2,2-3H3,(H,31,32,34). The molecular formula is C30H33N7O2S. The average Bonchev–Trinajstić information content (AvgIpc) is 3.42. The van der Waals surface area contributed by atoms with Crippen LogP contribution in [-0.4, -0.2) is 53.7 Å². The van der Waals surface area contributed by atoms with Crippen molar-refractivity contribution in [2.24, 2.45) is 0 Å². The van der Waals surface area contributed by atoms with Crippen LogP contribution in [0.1, 0.15) is 54.5 Å². The number of allylic oxidation sites excluding steroid dienone is 1. The fourth-order valence-corrected chi connectivity index (χ4v) is 7.87. The van der Waals surface area contributed by atoms with Gasteiger partial charge in [0.2, 0.25) is 5.95 Å². The predicted octanol–water partition coefficient (Wildman–Crippen LogP) is 4.48. The molecule has 4 aromatic rings. The van der Waals surface area contributed by atoms with Crippen LogP contribution in [0.25, 0.3) is 16.9 Å². The number of aromatic nitrogens is 5. The number of pyridine rings is 1. The number of hydrogen-bond donors (Lipinski definition) is 2. The zero-order valence-corrected chi connectivity index (χ0v) is 23.7. The van der Waals surface area contributed by atoms with Crippen LogP contribution >= 0.6 is 11.8 Å². The zero-order valence-electron chi connectivity index (χ0n) is 22.9. The quantitative estimate of drug-likeness (QED) is 0.336. The molecule has 0 bridgehead atoms. The highest BCUT2D eigenvalue weighted by Gasteiger charge is 2.37. The molecule has 2 atom stereocenters. The normalized spacial score (nSPS) is 21.8. The van der Waals surface area contributed by atoms with Gasteiger partial charge in [-0.05, 0) is 79.3 Å². The van der Waals surface area contributed by atoms with Gasteiger partial charge >= 0.3 is 0 Å². The Balaban J connectivity index is 1.33. The minimum absolute atomic E-state index is 0.210. The Morgan fingerprint density at radius 3 is 2.98 bits per heavy atom. The van der Waals surface area contributed by atoms with Gasteiger partial charge in [0.15, 0.2) is 11.5 Å². The van der Waals surface area contributed by atoms with E-state index in [1.54, 1.807) is 21.6 Å². The van der Waals surface area contributed by atoms with E-state index in [0.29, 0.717) is 47.3 Å². The second-order valence-corrected chi connectivity index (χ2v) is 12.3. The highest BCUT2D eigenvalue weighted by Crippen LogP contribution is 2.44. The molecule has 40 heavy (non-hydrogen) atoms. The number of fused-ring (bicyclic) bond motifs is 2. The van der Waals surface area contributed by atoms with Gasteiger partial charge in [-0.25, -0.2) is 19.3 Å². The molecule has 3 aromatic heterocycles.